The molecule has 0 bridgehead atoms. The number of nitrogens with one attached hydrogen (secondary N) is 2. The predicted molar refractivity (Wildman–Crippen MR) is 125 cm³/mol. The molecule has 1 aliphatic rings. The number of hydrogen-bond acceptors (Lipinski definition) is 5. The van der Waals surface area contributed by atoms with Crippen LogP contribution >= 0.6 is 0 Å². The van der Waals surface area contributed by atoms with Gasteiger partial charge in [-0.3, -0.25) is 4.79 Å². The fourth-order valence-electron chi connectivity index (χ4n) is 3.73. The minimum Gasteiger partial charge on any atom is -0.486 e. The minimum atomic E-state index is -0.430. The van der Waals surface area contributed by atoms with Gasteiger partial charge >= 0.3 is 6.03 Å². The van der Waals surface area contributed by atoms with Gasteiger partial charge in [-0.05, 0) is 45.3 Å². The van der Waals surface area contributed by atoms with E-state index in [4.69, 9.17) is 4.74 Å². The molecule has 32 heavy (non-hydrogen) atoms. The van der Waals surface area contributed by atoms with Crippen LogP contribution in [0.15, 0.2) is 48.5 Å². The summed E-state index contributed by atoms with van der Waals surface area (Å²) in [6.07, 6.45) is -0.217. The maximum absolute atomic E-state index is 13.4. The first-order chi connectivity index (χ1) is 15.3. The number of urea groups is 1. The molecule has 0 fully saturated rings. The molecule has 0 aliphatic carbocycles. The topological polar surface area (TPSA) is 94.1 Å². The largest absolute Gasteiger partial charge is 0.486 e. The Morgan fingerprint density at radius 1 is 1.19 bits per heavy atom. The Morgan fingerprint density at radius 2 is 1.91 bits per heavy atom. The van der Waals surface area contributed by atoms with Crippen LogP contribution in [0.1, 0.15) is 24.2 Å². The second-order valence-corrected chi connectivity index (χ2v) is 8.51. The molecule has 172 valence electrons. The van der Waals surface area contributed by atoms with E-state index in [0.717, 1.165) is 0 Å². The van der Waals surface area contributed by atoms with Crippen LogP contribution in [0.5, 0.6) is 5.75 Å². The molecule has 0 saturated heterocycles. The summed E-state index contributed by atoms with van der Waals surface area (Å²) in [4.78, 5) is 29.7. The van der Waals surface area contributed by atoms with Gasteiger partial charge in [0.05, 0.1) is 23.9 Å². The molecule has 1 aliphatic heterocycles. The van der Waals surface area contributed by atoms with Crippen molar-refractivity contribution in [1.29, 1.82) is 0 Å². The Bertz CT molecular complexity index is 935. The molecule has 3 N–H and O–H groups in total. The first-order valence-corrected chi connectivity index (χ1v) is 10.8. The van der Waals surface area contributed by atoms with Crippen molar-refractivity contribution in [2.75, 3.05) is 44.4 Å². The highest BCUT2D eigenvalue weighted by atomic mass is 16.5. The molecule has 8 heteroatoms. The van der Waals surface area contributed by atoms with Crippen molar-refractivity contribution in [3.8, 4) is 5.75 Å². The number of para-hydroxylation sites is 2. The van der Waals surface area contributed by atoms with Gasteiger partial charge < -0.3 is 30.3 Å². The second kappa shape index (κ2) is 10.5. The molecule has 2 aromatic rings. The van der Waals surface area contributed by atoms with Crippen LogP contribution in [0.2, 0.25) is 0 Å². The van der Waals surface area contributed by atoms with Crippen molar-refractivity contribution >= 4 is 23.3 Å². The summed E-state index contributed by atoms with van der Waals surface area (Å²) in [7, 11) is 3.93. The van der Waals surface area contributed by atoms with E-state index in [1.165, 1.54) is 0 Å². The smallest absolute Gasteiger partial charge is 0.323 e. The van der Waals surface area contributed by atoms with E-state index >= 15 is 0 Å². The summed E-state index contributed by atoms with van der Waals surface area (Å²) in [5.41, 5.74) is 1.43. The number of nitrogens with zero attached hydrogens (tertiary/aromatic N) is 2. The zero-order valence-corrected chi connectivity index (χ0v) is 19.0. The van der Waals surface area contributed by atoms with E-state index < -0.39 is 6.03 Å². The number of rotatable bonds is 6. The Labute approximate surface area is 189 Å². The average Bonchev–Trinajstić information content (AvgIpc) is 2.76. The lowest BCUT2D eigenvalue weighted by molar-refractivity contribution is 0.0365. The molecular weight excluding hydrogens is 408 g/mol. The van der Waals surface area contributed by atoms with Gasteiger partial charge in [-0.2, -0.15) is 0 Å². The predicted octanol–water partition coefficient (Wildman–Crippen LogP) is 3.11. The summed E-state index contributed by atoms with van der Waals surface area (Å²) in [6.45, 7) is 4.82. The summed E-state index contributed by atoms with van der Waals surface area (Å²) in [5.74, 6) is 0.118. The van der Waals surface area contributed by atoms with Crippen LogP contribution in [0.4, 0.5) is 16.2 Å². The fraction of sp³-hybridized carbons (Fsp3) is 0.417. The number of benzene rings is 2. The van der Waals surface area contributed by atoms with Crippen molar-refractivity contribution < 1.29 is 19.4 Å². The Morgan fingerprint density at radius 3 is 2.56 bits per heavy atom. The molecule has 3 amide bonds. The third kappa shape index (κ3) is 5.57. The lowest BCUT2D eigenvalue weighted by Crippen LogP contribution is -2.49. The highest BCUT2D eigenvalue weighted by Crippen LogP contribution is 2.35. The molecule has 3 atom stereocenters. The van der Waals surface area contributed by atoms with Crippen molar-refractivity contribution in [1.82, 2.24) is 9.80 Å². The molecule has 8 nitrogen and oxygen atoms in total. The van der Waals surface area contributed by atoms with E-state index in [1.54, 1.807) is 35.2 Å². The third-order valence-electron chi connectivity index (χ3n) is 5.52. The Balaban J connectivity index is 1.96. The number of carbonyl (C=O) groups excluding carboxylic acids is 2. The standard InChI is InChI=1S/C24H32N4O4/c1-16-13-28(17(2)15-29)23(30)19-11-8-12-20(22(19)32-21(16)14-27(3)4)26-24(31)25-18-9-6-5-7-10-18/h5-12,16-17,21,29H,13-15H2,1-4H3,(H2,25,26,31)/t16-,17+,21+/m1/s1. The Kier molecular flexibility index (Phi) is 7.71. The highest BCUT2D eigenvalue weighted by molar-refractivity contribution is 6.04. The van der Waals surface area contributed by atoms with E-state index in [-0.39, 0.29) is 30.6 Å². The van der Waals surface area contributed by atoms with Gasteiger partial charge in [0, 0.05) is 24.7 Å². The van der Waals surface area contributed by atoms with Gasteiger partial charge in [-0.15, -0.1) is 0 Å². The van der Waals surface area contributed by atoms with Gasteiger partial charge in [0.15, 0.2) is 5.75 Å². The van der Waals surface area contributed by atoms with Crippen molar-refractivity contribution in [3.05, 3.63) is 54.1 Å². The number of likely N-dealkylation sites (N-methyl/N-ethyl adjacent to an activating group) is 1. The summed E-state index contributed by atoms with van der Waals surface area (Å²) in [6, 6.07) is 13.5. The first-order valence-electron chi connectivity index (χ1n) is 10.8. The van der Waals surface area contributed by atoms with Gasteiger partial charge in [0.1, 0.15) is 6.10 Å². The lowest BCUT2D eigenvalue weighted by atomic mass is 9.99. The molecular formula is C24H32N4O4. The second-order valence-electron chi connectivity index (χ2n) is 8.51. The number of aliphatic hydroxyl groups excluding tert-OH is 1. The van der Waals surface area contributed by atoms with E-state index in [0.29, 0.717) is 35.8 Å². The fourth-order valence-corrected chi connectivity index (χ4v) is 3.73. The Hall–Kier alpha value is -3.10. The number of anilines is 2. The lowest BCUT2D eigenvalue weighted by Gasteiger charge is -2.38. The molecule has 3 rings (SSSR count). The molecule has 0 aromatic heterocycles. The number of amides is 3. The summed E-state index contributed by atoms with van der Waals surface area (Å²) in [5, 5.41) is 15.3. The molecule has 1 heterocycles. The van der Waals surface area contributed by atoms with Crippen LogP contribution in [0.25, 0.3) is 0 Å². The average molecular weight is 441 g/mol. The van der Waals surface area contributed by atoms with Crippen LogP contribution < -0.4 is 15.4 Å². The zero-order valence-electron chi connectivity index (χ0n) is 19.0. The molecule has 0 saturated carbocycles. The quantitative estimate of drug-likeness (QED) is 0.642. The normalized spacial score (nSPS) is 19.4. The van der Waals surface area contributed by atoms with Gasteiger partial charge in [-0.25, -0.2) is 4.79 Å². The van der Waals surface area contributed by atoms with Crippen LogP contribution in [0, 0.1) is 5.92 Å². The number of carbonyl (C=O) groups is 2. The van der Waals surface area contributed by atoms with Crippen LogP contribution in [-0.2, 0) is 0 Å². The van der Waals surface area contributed by atoms with Crippen molar-refractivity contribution in [2.45, 2.75) is 26.0 Å². The molecule has 0 unspecified atom stereocenters. The molecule has 0 spiro atoms. The van der Waals surface area contributed by atoms with E-state index in [1.807, 2.05) is 51.0 Å². The molecule has 0 radical (unpaired) electrons. The summed E-state index contributed by atoms with van der Waals surface area (Å²) < 4.78 is 6.38. The number of fused-ring (bicyclic) bond motifs is 1. The number of hydrogen-bond donors (Lipinski definition) is 3. The maximum atomic E-state index is 13.4. The van der Waals surface area contributed by atoms with Crippen molar-refractivity contribution in [3.63, 3.8) is 0 Å². The van der Waals surface area contributed by atoms with Crippen LogP contribution in [-0.4, -0.2) is 72.8 Å². The first kappa shape index (κ1) is 23.6. The molecule has 2 aromatic carbocycles. The maximum Gasteiger partial charge on any atom is 0.323 e. The number of aliphatic hydroxyl groups is 1. The SMILES string of the molecule is C[C@@H]1CN([C@@H](C)CO)C(=O)c2cccc(NC(=O)Nc3ccccc3)c2O[C@H]1CN(C)C. The highest BCUT2D eigenvalue weighted by Gasteiger charge is 2.34. The zero-order chi connectivity index (χ0) is 23.3. The van der Waals surface area contributed by atoms with E-state index in [9.17, 15) is 14.7 Å². The van der Waals surface area contributed by atoms with Gasteiger partial charge in [0.25, 0.3) is 5.91 Å². The third-order valence-corrected chi connectivity index (χ3v) is 5.52. The summed E-state index contributed by atoms with van der Waals surface area (Å²) >= 11 is 0. The van der Waals surface area contributed by atoms with Gasteiger partial charge in [-0.1, -0.05) is 31.2 Å². The van der Waals surface area contributed by atoms with Crippen molar-refractivity contribution in [2.24, 2.45) is 5.92 Å². The van der Waals surface area contributed by atoms with Gasteiger partial charge in [0.2, 0.25) is 0 Å². The number of ether oxygens (including phenoxy) is 1. The van der Waals surface area contributed by atoms with E-state index in [2.05, 4.69) is 10.6 Å². The minimum absolute atomic E-state index is 0.00898. The monoisotopic (exact) mass is 440 g/mol. The van der Waals surface area contributed by atoms with Crippen LogP contribution in [0.3, 0.4) is 0 Å².